The topological polar surface area (TPSA) is 70.6 Å². The van der Waals surface area contributed by atoms with E-state index in [9.17, 15) is 13.2 Å². The number of anilines is 1. The Hall–Kier alpha value is -3.19. The van der Waals surface area contributed by atoms with Crippen LogP contribution in [-0.4, -0.2) is 36.8 Å². The number of amides is 1. The molecule has 1 aromatic heterocycles. The number of carbonyl (C=O) groups is 1. The number of rotatable bonds is 8. The summed E-state index contributed by atoms with van der Waals surface area (Å²) in [5.74, 6) is -0.0846. The molecule has 6 nitrogen and oxygen atoms in total. The van der Waals surface area contributed by atoms with Gasteiger partial charge in [-0.2, -0.15) is 0 Å². The molecular weight excluding hydrogens is 410 g/mol. The molecule has 0 radical (unpaired) electrons. The van der Waals surface area contributed by atoms with Gasteiger partial charge in [-0.3, -0.25) is 14.1 Å². The minimum Gasteiger partial charge on any atom is -0.331 e. The van der Waals surface area contributed by atoms with Crippen LogP contribution < -0.4 is 4.31 Å². The zero-order valence-corrected chi connectivity index (χ0v) is 18.2. The maximum atomic E-state index is 13.2. The number of para-hydroxylation sites is 1. The van der Waals surface area contributed by atoms with Crippen LogP contribution in [-0.2, 0) is 16.6 Å². The average Bonchev–Trinajstić information content (AvgIpc) is 3.64. The lowest BCUT2D eigenvalue weighted by atomic mass is 10.1. The standard InChI is InChI=1S/C24H25N3O3S/c1-2-27(22-6-4-3-5-7-22)31(29,30)23-12-8-20(9-13-23)24(28)26(21-10-11-21)18-19-14-16-25-17-15-19/h3-9,12-17,21H,2,10-11,18H2,1H3. The van der Waals surface area contributed by atoms with Crippen LogP contribution in [0.2, 0.25) is 0 Å². The maximum Gasteiger partial charge on any atom is 0.264 e. The first kappa shape index (κ1) is 21.1. The first-order valence-corrected chi connectivity index (χ1v) is 11.8. The van der Waals surface area contributed by atoms with E-state index in [1.807, 2.05) is 35.2 Å². The van der Waals surface area contributed by atoms with Crippen molar-refractivity contribution in [2.45, 2.75) is 37.2 Å². The fourth-order valence-corrected chi connectivity index (χ4v) is 5.06. The van der Waals surface area contributed by atoms with Gasteiger partial charge in [0.05, 0.1) is 10.6 Å². The van der Waals surface area contributed by atoms with E-state index in [1.165, 1.54) is 16.4 Å². The molecule has 1 aliphatic rings. The van der Waals surface area contributed by atoms with Gasteiger partial charge in [0.2, 0.25) is 0 Å². The monoisotopic (exact) mass is 435 g/mol. The fourth-order valence-electron chi connectivity index (χ4n) is 3.59. The van der Waals surface area contributed by atoms with E-state index in [1.54, 1.807) is 43.6 Å². The summed E-state index contributed by atoms with van der Waals surface area (Å²) in [5.41, 5.74) is 2.13. The van der Waals surface area contributed by atoms with Crippen molar-refractivity contribution in [1.82, 2.24) is 9.88 Å². The molecule has 1 fully saturated rings. The van der Waals surface area contributed by atoms with Crippen molar-refractivity contribution >= 4 is 21.6 Å². The van der Waals surface area contributed by atoms with Crippen molar-refractivity contribution in [3.63, 3.8) is 0 Å². The Balaban J connectivity index is 1.56. The van der Waals surface area contributed by atoms with Crippen LogP contribution in [0.25, 0.3) is 0 Å². The van der Waals surface area contributed by atoms with Crippen molar-refractivity contribution in [3.05, 3.63) is 90.3 Å². The summed E-state index contributed by atoms with van der Waals surface area (Å²) in [6.07, 6.45) is 5.42. The van der Waals surface area contributed by atoms with Gasteiger partial charge in [-0.25, -0.2) is 8.42 Å². The van der Waals surface area contributed by atoms with E-state index in [0.717, 1.165) is 18.4 Å². The lowest BCUT2D eigenvalue weighted by Crippen LogP contribution is -2.33. The van der Waals surface area contributed by atoms with Crippen LogP contribution in [0.15, 0.2) is 84.0 Å². The molecule has 0 atom stereocenters. The summed E-state index contributed by atoms with van der Waals surface area (Å²) >= 11 is 0. The lowest BCUT2D eigenvalue weighted by Gasteiger charge is -2.24. The van der Waals surface area contributed by atoms with E-state index in [0.29, 0.717) is 24.3 Å². The SMILES string of the molecule is CCN(c1ccccc1)S(=O)(=O)c1ccc(C(=O)N(Cc2ccncc2)C2CC2)cc1. The molecule has 4 rings (SSSR count). The van der Waals surface area contributed by atoms with E-state index in [-0.39, 0.29) is 16.8 Å². The molecule has 1 heterocycles. The van der Waals surface area contributed by atoms with Crippen molar-refractivity contribution < 1.29 is 13.2 Å². The van der Waals surface area contributed by atoms with Crippen LogP contribution in [0.4, 0.5) is 5.69 Å². The van der Waals surface area contributed by atoms with Crippen LogP contribution in [0.1, 0.15) is 35.7 Å². The second-order valence-electron chi connectivity index (χ2n) is 7.55. The quantitative estimate of drug-likeness (QED) is 0.534. The Kier molecular flexibility index (Phi) is 6.04. The highest BCUT2D eigenvalue weighted by Gasteiger charge is 2.33. The van der Waals surface area contributed by atoms with Crippen molar-refractivity contribution in [1.29, 1.82) is 0 Å². The summed E-state index contributed by atoms with van der Waals surface area (Å²) in [7, 11) is -3.72. The van der Waals surface area contributed by atoms with Gasteiger partial charge in [-0.1, -0.05) is 18.2 Å². The molecule has 7 heteroatoms. The molecule has 1 saturated carbocycles. The predicted octanol–water partition coefficient (Wildman–Crippen LogP) is 4.10. The first-order chi connectivity index (χ1) is 15.0. The first-order valence-electron chi connectivity index (χ1n) is 10.4. The van der Waals surface area contributed by atoms with Crippen molar-refractivity contribution in [2.75, 3.05) is 10.8 Å². The van der Waals surface area contributed by atoms with Crippen LogP contribution in [0.3, 0.4) is 0 Å². The number of benzene rings is 2. The molecule has 31 heavy (non-hydrogen) atoms. The van der Waals surface area contributed by atoms with Crippen molar-refractivity contribution in [2.24, 2.45) is 0 Å². The smallest absolute Gasteiger partial charge is 0.264 e. The number of hydrogen-bond donors (Lipinski definition) is 0. The van der Waals surface area contributed by atoms with Gasteiger partial charge in [0.15, 0.2) is 0 Å². The Morgan fingerprint density at radius 2 is 1.61 bits per heavy atom. The van der Waals surface area contributed by atoms with Gasteiger partial charge in [0.25, 0.3) is 15.9 Å². The Bertz CT molecular complexity index is 1130. The van der Waals surface area contributed by atoms with Gasteiger partial charge in [0.1, 0.15) is 0 Å². The number of sulfonamides is 1. The third-order valence-corrected chi connectivity index (χ3v) is 7.29. The zero-order chi connectivity index (χ0) is 21.8. The molecule has 1 amide bonds. The average molecular weight is 436 g/mol. The molecule has 0 spiro atoms. The van der Waals surface area contributed by atoms with Crippen LogP contribution in [0, 0.1) is 0 Å². The molecule has 0 N–H and O–H groups in total. The summed E-state index contributed by atoms with van der Waals surface area (Å²) in [5, 5.41) is 0. The molecule has 3 aromatic rings. The highest BCUT2D eigenvalue weighted by molar-refractivity contribution is 7.92. The van der Waals surface area contributed by atoms with Gasteiger partial charge in [-0.05, 0) is 73.9 Å². The molecule has 0 bridgehead atoms. The number of aromatic nitrogens is 1. The molecule has 0 unspecified atom stereocenters. The summed E-state index contributed by atoms with van der Waals surface area (Å²) in [6.45, 7) is 2.63. The number of carbonyl (C=O) groups excluding carboxylic acids is 1. The third kappa shape index (κ3) is 4.61. The molecule has 160 valence electrons. The lowest BCUT2D eigenvalue weighted by molar-refractivity contribution is 0.0729. The van der Waals surface area contributed by atoms with E-state index in [2.05, 4.69) is 4.98 Å². The third-order valence-electron chi connectivity index (χ3n) is 5.37. The van der Waals surface area contributed by atoms with E-state index >= 15 is 0 Å². The second kappa shape index (κ2) is 8.89. The molecule has 0 aliphatic heterocycles. The molecule has 0 saturated heterocycles. The molecule has 2 aromatic carbocycles. The zero-order valence-electron chi connectivity index (χ0n) is 17.4. The van der Waals surface area contributed by atoms with Gasteiger partial charge in [-0.15, -0.1) is 0 Å². The number of pyridine rings is 1. The molecular formula is C24H25N3O3S. The van der Waals surface area contributed by atoms with Crippen LogP contribution in [0.5, 0.6) is 0 Å². The number of nitrogens with zero attached hydrogens (tertiary/aromatic N) is 3. The normalized spacial score (nSPS) is 13.6. The number of hydrogen-bond acceptors (Lipinski definition) is 4. The minimum atomic E-state index is -3.72. The Morgan fingerprint density at radius 1 is 0.968 bits per heavy atom. The van der Waals surface area contributed by atoms with Gasteiger partial charge in [0, 0.05) is 37.1 Å². The molecule has 1 aliphatic carbocycles. The Labute approximate surface area is 183 Å². The highest BCUT2D eigenvalue weighted by atomic mass is 32.2. The van der Waals surface area contributed by atoms with Crippen molar-refractivity contribution in [3.8, 4) is 0 Å². The summed E-state index contributed by atoms with van der Waals surface area (Å²) in [6, 6.07) is 19.3. The van der Waals surface area contributed by atoms with Gasteiger partial charge < -0.3 is 4.90 Å². The van der Waals surface area contributed by atoms with E-state index in [4.69, 9.17) is 0 Å². The minimum absolute atomic E-state index is 0.0846. The highest BCUT2D eigenvalue weighted by Crippen LogP contribution is 2.30. The maximum absolute atomic E-state index is 13.2. The second-order valence-corrected chi connectivity index (χ2v) is 9.41. The summed E-state index contributed by atoms with van der Waals surface area (Å²) < 4.78 is 27.7. The summed E-state index contributed by atoms with van der Waals surface area (Å²) in [4.78, 5) is 19.2. The largest absolute Gasteiger partial charge is 0.331 e. The van der Waals surface area contributed by atoms with Crippen LogP contribution >= 0.6 is 0 Å². The van der Waals surface area contributed by atoms with Gasteiger partial charge >= 0.3 is 0 Å². The fraction of sp³-hybridized carbons (Fsp3) is 0.250. The predicted molar refractivity (Wildman–Crippen MR) is 120 cm³/mol. The Morgan fingerprint density at radius 3 is 2.19 bits per heavy atom. The van der Waals surface area contributed by atoms with E-state index < -0.39 is 10.0 Å².